The molecule has 0 spiro atoms. The standard InChI is InChI=1S/C15H19FN2O2/c16-12-7-5-11(6-8-12)9-15(20)18(10-14(17)19)13-3-1-2-4-13/h5-8,13H,1-4,9-10H2,(H2,17,19). The number of amides is 2. The molecule has 0 atom stereocenters. The summed E-state index contributed by atoms with van der Waals surface area (Å²) in [5, 5.41) is 0. The van der Waals surface area contributed by atoms with Crippen molar-refractivity contribution in [1.82, 2.24) is 4.90 Å². The normalized spacial score (nSPS) is 15.2. The third-order valence-corrected chi connectivity index (χ3v) is 3.68. The van der Waals surface area contributed by atoms with Crippen LogP contribution in [0.4, 0.5) is 4.39 Å². The molecule has 1 aromatic rings. The number of hydrogen-bond acceptors (Lipinski definition) is 2. The predicted octanol–water partition coefficient (Wildman–Crippen LogP) is 1.62. The van der Waals surface area contributed by atoms with Crippen LogP contribution in [-0.2, 0) is 16.0 Å². The maximum atomic E-state index is 12.8. The predicted molar refractivity (Wildman–Crippen MR) is 73.3 cm³/mol. The van der Waals surface area contributed by atoms with E-state index in [2.05, 4.69) is 0 Å². The summed E-state index contributed by atoms with van der Waals surface area (Å²) in [6, 6.07) is 5.94. The van der Waals surface area contributed by atoms with E-state index in [9.17, 15) is 14.0 Å². The fraction of sp³-hybridized carbons (Fsp3) is 0.467. The highest BCUT2D eigenvalue weighted by Gasteiger charge is 2.27. The summed E-state index contributed by atoms with van der Waals surface area (Å²) in [6.45, 7) is -0.0370. The van der Waals surface area contributed by atoms with Crippen molar-refractivity contribution in [1.29, 1.82) is 0 Å². The quantitative estimate of drug-likeness (QED) is 0.889. The SMILES string of the molecule is NC(=O)CN(C(=O)Cc1ccc(F)cc1)C1CCCC1. The second-order valence-corrected chi connectivity index (χ2v) is 5.23. The van der Waals surface area contributed by atoms with E-state index in [0.717, 1.165) is 31.2 Å². The molecule has 0 aliphatic heterocycles. The van der Waals surface area contributed by atoms with Crippen molar-refractivity contribution < 1.29 is 14.0 Å². The summed E-state index contributed by atoms with van der Waals surface area (Å²) in [6.07, 6.45) is 4.16. The smallest absolute Gasteiger partial charge is 0.237 e. The van der Waals surface area contributed by atoms with Crippen LogP contribution in [0, 0.1) is 5.82 Å². The topological polar surface area (TPSA) is 63.4 Å². The first-order chi connectivity index (χ1) is 9.56. The molecule has 1 aliphatic carbocycles. The zero-order chi connectivity index (χ0) is 14.5. The van der Waals surface area contributed by atoms with Crippen LogP contribution in [0.1, 0.15) is 31.2 Å². The van der Waals surface area contributed by atoms with Gasteiger partial charge in [0.25, 0.3) is 0 Å². The molecule has 0 saturated heterocycles. The second kappa shape index (κ2) is 6.50. The number of rotatable bonds is 5. The van der Waals surface area contributed by atoms with E-state index >= 15 is 0 Å². The first-order valence-corrected chi connectivity index (χ1v) is 6.88. The fourth-order valence-electron chi connectivity index (χ4n) is 2.68. The summed E-state index contributed by atoms with van der Waals surface area (Å²) < 4.78 is 12.8. The van der Waals surface area contributed by atoms with Crippen molar-refractivity contribution in [3.8, 4) is 0 Å². The zero-order valence-corrected chi connectivity index (χ0v) is 11.3. The number of halogens is 1. The molecule has 108 valence electrons. The van der Waals surface area contributed by atoms with E-state index in [1.54, 1.807) is 17.0 Å². The monoisotopic (exact) mass is 278 g/mol. The van der Waals surface area contributed by atoms with Crippen LogP contribution in [0.15, 0.2) is 24.3 Å². The summed E-state index contributed by atoms with van der Waals surface area (Å²) in [5.74, 6) is -0.947. The molecule has 1 aliphatic rings. The van der Waals surface area contributed by atoms with Gasteiger partial charge < -0.3 is 10.6 Å². The van der Waals surface area contributed by atoms with E-state index < -0.39 is 5.91 Å². The highest BCUT2D eigenvalue weighted by atomic mass is 19.1. The van der Waals surface area contributed by atoms with Gasteiger partial charge in [0.15, 0.2) is 0 Å². The molecule has 0 unspecified atom stereocenters. The molecule has 1 aromatic carbocycles. The zero-order valence-electron chi connectivity index (χ0n) is 11.3. The Morgan fingerprint density at radius 2 is 1.80 bits per heavy atom. The van der Waals surface area contributed by atoms with Gasteiger partial charge >= 0.3 is 0 Å². The van der Waals surface area contributed by atoms with Crippen molar-refractivity contribution in [2.24, 2.45) is 5.73 Å². The molecule has 2 N–H and O–H groups in total. The lowest BCUT2D eigenvalue weighted by atomic mass is 10.1. The molecule has 1 saturated carbocycles. The Morgan fingerprint density at radius 1 is 1.20 bits per heavy atom. The van der Waals surface area contributed by atoms with E-state index in [1.807, 2.05) is 0 Å². The van der Waals surface area contributed by atoms with Crippen LogP contribution in [0.2, 0.25) is 0 Å². The number of benzene rings is 1. The van der Waals surface area contributed by atoms with Crippen LogP contribution in [0.5, 0.6) is 0 Å². The average Bonchev–Trinajstić information content (AvgIpc) is 2.92. The lowest BCUT2D eigenvalue weighted by Crippen LogP contribution is -2.44. The molecule has 5 heteroatoms. The first-order valence-electron chi connectivity index (χ1n) is 6.88. The van der Waals surface area contributed by atoms with Gasteiger partial charge in [0.05, 0.1) is 13.0 Å². The summed E-state index contributed by atoms with van der Waals surface area (Å²) in [5.41, 5.74) is 5.97. The lowest BCUT2D eigenvalue weighted by molar-refractivity contribution is -0.136. The van der Waals surface area contributed by atoms with Crippen molar-refractivity contribution in [2.75, 3.05) is 6.54 Å². The molecule has 1 fully saturated rings. The highest BCUT2D eigenvalue weighted by Crippen LogP contribution is 2.24. The van der Waals surface area contributed by atoms with Gasteiger partial charge in [0.2, 0.25) is 11.8 Å². The number of nitrogens with zero attached hydrogens (tertiary/aromatic N) is 1. The van der Waals surface area contributed by atoms with Gasteiger partial charge in [0.1, 0.15) is 5.82 Å². The number of carbonyl (C=O) groups is 2. The largest absolute Gasteiger partial charge is 0.368 e. The van der Waals surface area contributed by atoms with Gasteiger partial charge in [-0.3, -0.25) is 9.59 Å². The van der Waals surface area contributed by atoms with Crippen LogP contribution >= 0.6 is 0 Å². The summed E-state index contributed by atoms with van der Waals surface area (Å²) in [4.78, 5) is 25.1. The lowest BCUT2D eigenvalue weighted by Gasteiger charge is -2.27. The molecular weight excluding hydrogens is 259 g/mol. The van der Waals surface area contributed by atoms with Crippen molar-refractivity contribution in [3.05, 3.63) is 35.6 Å². The van der Waals surface area contributed by atoms with Crippen LogP contribution in [0.25, 0.3) is 0 Å². The average molecular weight is 278 g/mol. The van der Waals surface area contributed by atoms with Gasteiger partial charge in [-0.2, -0.15) is 0 Å². The van der Waals surface area contributed by atoms with Crippen molar-refractivity contribution in [3.63, 3.8) is 0 Å². The number of hydrogen-bond donors (Lipinski definition) is 1. The summed E-state index contributed by atoms with van der Waals surface area (Å²) >= 11 is 0. The Bertz CT molecular complexity index is 481. The minimum atomic E-state index is -0.496. The van der Waals surface area contributed by atoms with Gasteiger partial charge in [-0.25, -0.2) is 4.39 Å². The van der Waals surface area contributed by atoms with Crippen LogP contribution in [0.3, 0.4) is 0 Å². The number of carbonyl (C=O) groups excluding carboxylic acids is 2. The number of nitrogens with two attached hydrogens (primary N) is 1. The molecule has 0 radical (unpaired) electrons. The fourth-order valence-corrected chi connectivity index (χ4v) is 2.68. The van der Waals surface area contributed by atoms with E-state index in [-0.39, 0.29) is 30.7 Å². The van der Waals surface area contributed by atoms with Crippen molar-refractivity contribution >= 4 is 11.8 Å². The van der Waals surface area contributed by atoms with Gasteiger partial charge in [-0.15, -0.1) is 0 Å². The Morgan fingerprint density at radius 3 is 2.35 bits per heavy atom. The highest BCUT2D eigenvalue weighted by molar-refractivity contribution is 5.85. The van der Waals surface area contributed by atoms with Gasteiger partial charge in [-0.1, -0.05) is 25.0 Å². The molecule has 0 aromatic heterocycles. The number of primary amides is 1. The molecule has 0 bridgehead atoms. The Hall–Kier alpha value is -1.91. The van der Waals surface area contributed by atoms with Crippen LogP contribution < -0.4 is 5.73 Å². The maximum Gasteiger partial charge on any atom is 0.237 e. The van der Waals surface area contributed by atoms with Crippen molar-refractivity contribution in [2.45, 2.75) is 38.1 Å². The molecule has 2 rings (SSSR count). The Labute approximate surface area is 117 Å². The van der Waals surface area contributed by atoms with E-state index in [4.69, 9.17) is 5.73 Å². The molecule has 0 heterocycles. The molecule has 4 nitrogen and oxygen atoms in total. The molecule has 2 amide bonds. The van der Waals surface area contributed by atoms with Crippen LogP contribution in [-0.4, -0.2) is 29.3 Å². The third kappa shape index (κ3) is 3.79. The van der Waals surface area contributed by atoms with Gasteiger partial charge in [0, 0.05) is 6.04 Å². The Balaban J connectivity index is 2.05. The minimum absolute atomic E-state index is 0.0370. The van der Waals surface area contributed by atoms with Gasteiger partial charge in [-0.05, 0) is 30.5 Å². The first kappa shape index (κ1) is 14.5. The van der Waals surface area contributed by atoms with E-state index in [1.165, 1.54) is 12.1 Å². The summed E-state index contributed by atoms with van der Waals surface area (Å²) in [7, 11) is 0. The molecule has 20 heavy (non-hydrogen) atoms. The molecular formula is C15H19FN2O2. The minimum Gasteiger partial charge on any atom is -0.368 e. The Kier molecular flexibility index (Phi) is 4.71. The second-order valence-electron chi connectivity index (χ2n) is 5.23. The third-order valence-electron chi connectivity index (χ3n) is 3.68. The maximum absolute atomic E-state index is 12.8. The van der Waals surface area contributed by atoms with E-state index in [0.29, 0.717) is 0 Å².